The monoisotopic (exact) mass is 293 g/mol. The first-order chi connectivity index (χ1) is 10.7. The molecular weight excluding hydrogens is 270 g/mol. The predicted octanol–water partition coefficient (Wildman–Crippen LogP) is 5.11. The molecule has 3 rings (SSSR count). The van der Waals surface area contributed by atoms with Crippen molar-refractivity contribution in [2.24, 2.45) is 4.99 Å². The van der Waals surface area contributed by atoms with Gasteiger partial charge in [0.05, 0.1) is 0 Å². The van der Waals surface area contributed by atoms with Gasteiger partial charge in [-0.05, 0) is 50.8 Å². The van der Waals surface area contributed by atoms with Crippen molar-refractivity contribution < 1.29 is 4.74 Å². The summed E-state index contributed by atoms with van der Waals surface area (Å²) < 4.78 is 6.08. The van der Waals surface area contributed by atoms with Crippen LogP contribution in [-0.4, -0.2) is 5.90 Å². The molecule has 2 aliphatic rings. The third kappa shape index (κ3) is 2.66. The Bertz CT molecular complexity index is 694. The standard InChI is InChI=1S/C20H23NO/c1-4-6-7-19-21-11-10-20(13-15(3)5-2)14-16-8-9-18(22-19)17(20)12-16/h5-12H,4,13-14H2,1-3H3/b7-6-,11-10-,15-5+,21-19+. The van der Waals surface area contributed by atoms with E-state index in [1.807, 2.05) is 12.3 Å². The lowest BCUT2D eigenvalue weighted by atomic mass is 9.76. The summed E-state index contributed by atoms with van der Waals surface area (Å²) >= 11 is 0. The van der Waals surface area contributed by atoms with E-state index >= 15 is 0 Å². The summed E-state index contributed by atoms with van der Waals surface area (Å²) in [4.78, 5) is 4.49. The molecule has 0 spiro atoms. The zero-order valence-corrected chi connectivity index (χ0v) is 13.6. The van der Waals surface area contributed by atoms with E-state index in [1.165, 1.54) is 16.7 Å². The molecule has 22 heavy (non-hydrogen) atoms. The number of benzene rings is 1. The lowest BCUT2D eigenvalue weighted by Crippen LogP contribution is -2.25. The molecule has 1 unspecified atom stereocenters. The Hall–Kier alpha value is -2.09. The Labute approximate surface area is 132 Å². The average Bonchev–Trinajstić information content (AvgIpc) is 2.76. The second kappa shape index (κ2) is 5.96. The topological polar surface area (TPSA) is 21.6 Å². The number of hydrogen-bond donors (Lipinski definition) is 0. The first-order valence-electron chi connectivity index (χ1n) is 8.02. The van der Waals surface area contributed by atoms with Gasteiger partial charge in [0.2, 0.25) is 5.90 Å². The minimum atomic E-state index is -0.00569. The van der Waals surface area contributed by atoms with Gasteiger partial charge >= 0.3 is 0 Å². The van der Waals surface area contributed by atoms with E-state index in [0.717, 1.165) is 25.0 Å². The minimum absolute atomic E-state index is 0.00569. The van der Waals surface area contributed by atoms with Crippen LogP contribution in [0.4, 0.5) is 0 Å². The maximum Gasteiger partial charge on any atom is 0.218 e. The Morgan fingerprint density at radius 3 is 3.05 bits per heavy atom. The fourth-order valence-electron chi connectivity index (χ4n) is 3.28. The molecular formula is C20H23NO. The Kier molecular flexibility index (Phi) is 4.02. The number of rotatable bonds is 4. The summed E-state index contributed by atoms with van der Waals surface area (Å²) in [6.07, 6.45) is 13.4. The van der Waals surface area contributed by atoms with Crippen molar-refractivity contribution in [3.8, 4) is 5.75 Å². The molecule has 114 valence electrons. The molecule has 0 radical (unpaired) electrons. The summed E-state index contributed by atoms with van der Waals surface area (Å²) in [5.74, 6) is 1.60. The number of fused-ring (bicyclic) bond motifs is 1. The molecule has 1 atom stereocenters. The third-order valence-electron chi connectivity index (χ3n) is 4.49. The largest absolute Gasteiger partial charge is 0.439 e. The highest BCUT2D eigenvalue weighted by Crippen LogP contribution is 2.47. The maximum absolute atomic E-state index is 6.08. The van der Waals surface area contributed by atoms with Crippen LogP contribution in [0.3, 0.4) is 0 Å². The van der Waals surface area contributed by atoms with Gasteiger partial charge in [0.25, 0.3) is 0 Å². The molecule has 2 nitrogen and oxygen atoms in total. The van der Waals surface area contributed by atoms with E-state index < -0.39 is 0 Å². The number of ether oxygens (including phenoxy) is 1. The van der Waals surface area contributed by atoms with Gasteiger partial charge < -0.3 is 4.74 Å². The zero-order chi connectivity index (χ0) is 15.6. The fraction of sp³-hybridized carbons (Fsp3) is 0.350. The average molecular weight is 293 g/mol. The highest BCUT2D eigenvalue weighted by Gasteiger charge is 2.38. The van der Waals surface area contributed by atoms with E-state index in [1.54, 1.807) is 0 Å². The molecule has 0 saturated carbocycles. The van der Waals surface area contributed by atoms with Gasteiger partial charge in [0, 0.05) is 17.2 Å². The van der Waals surface area contributed by atoms with E-state index in [2.05, 4.69) is 62.2 Å². The zero-order valence-electron chi connectivity index (χ0n) is 13.6. The number of nitrogens with zero attached hydrogens (tertiary/aromatic N) is 1. The molecule has 1 aliphatic carbocycles. The van der Waals surface area contributed by atoms with Gasteiger partial charge in [0.1, 0.15) is 5.75 Å². The van der Waals surface area contributed by atoms with Gasteiger partial charge in [-0.2, -0.15) is 0 Å². The molecule has 1 heterocycles. The maximum atomic E-state index is 6.08. The quantitative estimate of drug-likeness (QED) is 0.707. The summed E-state index contributed by atoms with van der Waals surface area (Å²) in [6.45, 7) is 6.41. The summed E-state index contributed by atoms with van der Waals surface area (Å²) in [7, 11) is 0. The second-order valence-corrected chi connectivity index (χ2v) is 6.17. The summed E-state index contributed by atoms with van der Waals surface area (Å²) in [5.41, 5.74) is 4.06. The van der Waals surface area contributed by atoms with Crippen molar-refractivity contribution in [2.45, 2.75) is 45.4 Å². The van der Waals surface area contributed by atoms with Crippen molar-refractivity contribution in [2.75, 3.05) is 0 Å². The lowest BCUT2D eigenvalue weighted by molar-refractivity contribution is 0.492. The molecule has 0 saturated heterocycles. The Balaban J connectivity index is 2.05. The number of hydrogen-bond acceptors (Lipinski definition) is 2. The normalized spacial score (nSPS) is 27.0. The van der Waals surface area contributed by atoms with Crippen molar-refractivity contribution in [1.82, 2.24) is 0 Å². The number of aliphatic imine (C=N–C) groups is 1. The van der Waals surface area contributed by atoms with Crippen LogP contribution in [0.2, 0.25) is 0 Å². The van der Waals surface area contributed by atoms with Crippen LogP contribution in [0, 0.1) is 0 Å². The molecule has 0 fully saturated rings. The fourth-order valence-corrected chi connectivity index (χ4v) is 3.28. The molecule has 1 aliphatic heterocycles. The van der Waals surface area contributed by atoms with Crippen LogP contribution in [0.25, 0.3) is 0 Å². The van der Waals surface area contributed by atoms with Gasteiger partial charge in [-0.1, -0.05) is 42.9 Å². The Morgan fingerprint density at radius 1 is 1.41 bits per heavy atom. The lowest BCUT2D eigenvalue weighted by Gasteiger charge is -2.29. The molecule has 0 amide bonds. The Morgan fingerprint density at radius 2 is 2.27 bits per heavy atom. The van der Waals surface area contributed by atoms with Gasteiger partial charge in [-0.25, -0.2) is 4.99 Å². The highest BCUT2D eigenvalue weighted by molar-refractivity contribution is 5.90. The predicted molar refractivity (Wildman–Crippen MR) is 92.5 cm³/mol. The van der Waals surface area contributed by atoms with E-state index in [0.29, 0.717) is 5.90 Å². The molecule has 0 aromatic heterocycles. The van der Waals surface area contributed by atoms with Crippen LogP contribution in [0.15, 0.2) is 59.3 Å². The van der Waals surface area contributed by atoms with Gasteiger partial charge in [-0.3, -0.25) is 0 Å². The van der Waals surface area contributed by atoms with Crippen molar-refractivity contribution >= 4 is 5.90 Å². The third-order valence-corrected chi connectivity index (χ3v) is 4.49. The van der Waals surface area contributed by atoms with Crippen LogP contribution < -0.4 is 4.74 Å². The van der Waals surface area contributed by atoms with Gasteiger partial charge in [0.15, 0.2) is 0 Å². The van der Waals surface area contributed by atoms with Crippen LogP contribution in [0.5, 0.6) is 5.75 Å². The molecule has 1 aromatic carbocycles. The second-order valence-electron chi connectivity index (χ2n) is 6.17. The first kappa shape index (κ1) is 14.8. The van der Waals surface area contributed by atoms with Crippen molar-refractivity contribution in [3.05, 3.63) is 65.4 Å². The smallest absolute Gasteiger partial charge is 0.218 e. The van der Waals surface area contributed by atoms with Crippen LogP contribution in [-0.2, 0) is 11.8 Å². The van der Waals surface area contributed by atoms with E-state index in [-0.39, 0.29) is 5.41 Å². The highest BCUT2D eigenvalue weighted by atomic mass is 16.5. The van der Waals surface area contributed by atoms with Crippen molar-refractivity contribution in [1.29, 1.82) is 0 Å². The van der Waals surface area contributed by atoms with E-state index in [4.69, 9.17) is 4.74 Å². The van der Waals surface area contributed by atoms with E-state index in [9.17, 15) is 0 Å². The molecule has 2 bridgehead atoms. The van der Waals surface area contributed by atoms with Gasteiger partial charge in [-0.15, -0.1) is 0 Å². The van der Waals surface area contributed by atoms with Crippen LogP contribution in [0.1, 0.15) is 44.7 Å². The molecule has 0 N–H and O–H groups in total. The molecule has 2 heteroatoms. The first-order valence-corrected chi connectivity index (χ1v) is 8.02. The van der Waals surface area contributed by atoms with Crippen LogP contribution >= 0.6 is 0 Å². The SMILES string of the molecule is C/C=C(\C)CC12\C=C/N=C(\C=C/CC)Oc3ccc(cc31)C2. The minimum Gasteiger partial charge on any atom is -0.439 e. The summed E-state index contributed by atoms with van der Waals surface area (Å²) in [5, 5.41) is 0. The summed E-state index contributed by atoms with van der Waals surface area (Å²) in [6, 6.07) is 6.55. The number of allylic oxidation sites excluding steroid dienone is 4. The molecule has 1 aromatic rings. The van der Waals surface area contributed by atoms with Crippen molar-refractivity contribution in [3.63, 3.8) is 0 Å².